The van der Waals surface area contributed by atoms with Gasteiger partial charge in [-0.25, -0.2) is 0 Å². The zero-order valence-corrected chi connectivity index (χ0v) is 10.9. The van der Waals surface area contributed by atoms with E-state index in [-0.39, 0.29) is 11.3 Å². The van der Waals surface area contributed by atoms with Crippen molar-refractivity contribution in [1.82, 2.24) is 4.98 Å². The van der Waals surface area contributed by atoms with Crippen LogP contribution in [-0.2, 0) is 6.54 Å². The van der Waals surface area contributed by atoms with Gasteiger partial charge in [0.2, 0.25) is 0 Å². The second kappa shape index (κ2) is 5.80. The van der Waals surface area contributed by atoms with E-state index in [2.05, 4.69) is 4.98 Å². The molecule has 0 saturated carbocycles. The van der Waals surface area contributed by atoms with E-state index in [1.807, 2.05) is 30.1 Å². The molecule has 1 aromatic carbocycles. The van der Waals surface area contributed by atoms with Gasteiger partial charge in [-0.3, -0.25) is 15.1 Å². The highest BCUT2D eigenvalue weighted by Gasteiger charge is 2.15. The Labute approximate surface area is 116 Å². The summed E-state index contributed by atoms with van der Waals surface area (Å²) < 4.78 is 0. The van der Waals surface area contributed by atoms with Gasteiger partial charge in [0.1, 0.15) is 11.6 Å². The van der Waals surface area contributed by atoms with E-state index in [0.717, 1.165) is 5.56 Å². The van der Waals surface area contributed by atoms with Crippen molar-refractivity contribution in [2.45, 2.75) is 6.54 Å². The van der Waals surface area contributed by atoms with Gasteiger partial charge < -0.3 is 4.90 Å². The normalized spacial score (nSPS) is 9.80. The van der Waals surface area contributed by atoms with Gasteiger partial charge in [-0.15, -0.1) is 0 Å². The molecule has 100 valence electrons. The number of nitrogens with zero attached hydrogens (tertiary/aromatic N) is 4. The number of nitro benzene ring substituents is 1. The fourth-order valence-corrected chi connectivity index (χ4v) is 1.86. The summed E-state index contributed by atoms with van der Waals surface area (Å²) in [7, 11) is 1.83. The lowest BCUT2D eigenvalue weighted by molar-refractivity contribution is -0.385. The average Bonchev–Trinajstić information content (AvgIpc) is 2.47. The summed E-state index contributed by atoms with van der Waals surface area (Å²) in [5.74, 6) is 0. The summed E-state index contributed by atoms with van der Waals surface area (Å²) in [6.07, 6.45) is 3.44. The maximum absolute atomic E-state index is 10.9. The first-order valence-electron chi connectivity index (χ1n) is 5.90. The molecule has 0 bridgehead atoms. The Hall–Kier alpha value is -2.94. The molecule has 0 saturated heterocycles. The second-order valence-electron chi connectivity index (χ2n) is 4.29. The lowest BCUT2D eigenvalue weighted by Crippen LogP contribution is -2.16. The van der Waals surface area contributed by atoms with Gasteiger partial charge in [-0.2, -0.15) is 5.26 Å². The fourth-order valence-electron chi connectivity index (χ4n) is 1.86. The maximum Gasteiger partial charge on any atom is 0.289 e. The van der Waals surface area contributed by atoms with Gasteiger partial charge in [-0.1, -0.05) is 6.07 Å². The molecule has 0 aliphatic heterocycles. The Kier molecular flexibility index (Phi) is 3.91. The summed E-state index contributed by atoms with van der Waals surface area (Å²) >= 11 is 0. The highest BCUT2D eigenvalue weighted by molar-refractivity contribution is 5.60. The van der Waals surface area contributed by atoms with E-state index in [1.54, 1.807) is 18.5 Å². The molecule has 0 radical (unpaired) electrons. The van der Waals surface area contributed by atoms with Gasteiger partial charge in [-0.05, 0) is 23.8 Å². The van der Waals surface area contributed by atoms with Gasteiger partial charge in [0.15, 0.2) is 0 Å². The van der Waals surface area contributed by atoms with Crippen LogP contribution < -0.4 is 4.90 Å². The van der Waals surface area contributed by atoms with E-state index in [9.17, 15) is 10.1 Å². The van der Waals surface area contributed by atoms with Crippen molar-refractivity contribution in [2.24, 2.45) is 0 Å². The topological polar surface area (TPSA) is 83.1 Å². The number of nitriles is 1. The third-order valence-electron chi connectivity index (χ3n) is 2.88. The van der Waals surface area contributed by atoms with Gasteiger partial charge in [0.05, 0.1) is 4.92 Å². The van der Waals surface area contributed by atoms with Crippen molar-refractivity contribution in [3.05, 3.63) is 64.0 Å². The molecule has 0 aliphatic carbocycles. The monoisotopic (exact) mass is 268 g/mol. The van der Waals surface area contributed by atoms with Gasteiger partial charge in [0, 0.05) is 37.7 Å². The Bertz CT molecular complexity index is 665. The molecule has 0 fully saturated rings. The largest absolute Gasteiger partial charge is 0.370 e. The van der Waals surface area contributed by atoms with Crippen molar-refractivity contribution >= 4 is 11.4 Å². The van der Waals surface area contributed by atoms with Crippen LogP contribution in [0.4, 0.5) is 11.4 Å². The van der Waals surface area contributed by atoms with Crippen LogP contribution in [-0.4, -0.2) is 17.0 Å². The summed E-state index contributed by atoms with van der Waals surface area (Å²) in [5.41, 5.74) is 1.57. The zero-order chi connectivity index (χ0) is 14.5. The summed E-state index contributed by atoms with van der Waals surface area (Å²) in [6, 6.07) is 10.2. The SMILES string of the molecule is CN(Cc1cccnc1)c1ccc(C#N)c([N+](=O)[O-])c1. The standard InChI is InChI=1S/C14H12N4O2/c1-17(10-11-3-2-6-16-9-11)13-5-4-12(8-15)14(7-13)18(19)20/h2-7,9H,10H2,1H3. The summed E-state index contributed by atoms with van der Waals surface area (Å²) in [5, 5.41) is 19.8. The first-order chi connectivity index (χ1) is 9.61. The zero-order valence-electron chi connectivity index (χ0n) is 10.9. The third-order valence-corrected chi connectivity index (χ3v) is 2.88. The molecule has 6 heteroatoms. The molecule has 0 aliphatic rings. The van der Waals surface area contributed by atoms with Crippen molar-refractivity contribution in [1.29, 1.82) is 5.26 Å². The van der Waals surface area contributed by atoms with Crippen LogP contribution in [0.15, 0.2) is 42.7 Å². The van der Waals surface area contributed by atoms with Crippen LogP contribution in [0.25, 0.3) is 0 Å². The Morgan fingerprint density at radius 2 is 2.25 bits per heavy atom. The Balaban J connectivity index is 2.27. The summed E-state index contributed by atoms with van der Waals surface area (Å²) in [4.78, 5) is 16.3. The maximum atomic E-state index is 10.9. The number of rotatable bonds is 4. The third kappa shape index (κ3) is 2.90. The van der Waals surface area contributed by atoms with Crippen molar-refractivity contribution in [3.63, 3.8) is 0 Å². The number of nitro groups is 1. The van der Waals surface area contributed by atoms with Crippen LogP contribution in [0.5, 0.6) is 0 Å². The Morgan fingerprint density at radius 3 is 2.85 bits per heavy atom. The molecule has 1 aromatic heterocycles. The highest BCUT2D eigenvalue weighted by Crippen LogP contribution is 2.25. The molecule has 0 amide bonds. The minimum absolute atomic E-state index is 0.0635. The predicted molar refractivity (Wildman–Crippen MR) is 74.2 cm³/mol. The van der Waals surface area contributed by atoms with E-state index in [1.165, 1.54) is 12.1 Å². The number of pyridine rings is 1. The van der Waals surface area contributed by atoms with E-state index < -0.39 is 4.92 Å². The van der Waals surface area contributed by atoms with Gasteiger partial charge in [0.25, 0.3) is 5.69 Å². The molecule has 0 atom stereocenters. The minimum atomic E-state index is -0.542. The Morgan fingerprint density at radius 1 is 1.45 bits per heavy atom. The quantitative estimate of drug-likeness (QED) is 0.628. The molecule has 6 nitrogen and oxygen atoms in total. The number of benzene rings is 1. The fraction of sp³-hybridized carbons (Fsp3) is 0.143. The lowest BCUT2D eigenvalue weighted by atomic mass is 10.1. The predicted octanol–water partition coefficient (Wildman–Crippen LogP) is 2.50. The number of hydrogen-bond acceptors (Lipinski definition) is 5. The van der Waals surface area contributed by atoms with Gasteiger partial charge >= 0.3 is 0 Å². The molecular formula is C14H12N4O2. The van der Waals surface area contributed by atoms with Crippen molar-refractivity contribution in [2.75, 3.05) is 11.9 Å². The lowest BCUT2D eigenvalue weighted by Gasteiger charge is -2.19. The van der Waals surface area contributed by atoms with E-state index >= 15 is 0 Å². The second-order valence-corrected chi connectivity index (χ2v) is 4.29. The minimum Gasteiger partial charge on any atom is -0.370 e. The number of anilines is 1. The molecular weight excluding hydrogens is 256 g/mol. The molecule has 2 rings (SSSR count). The molecule has 0 N–H and O–H groups in total. The van der Waals surface area contributed by atoms with Crippen LogP contribution in [0, 0.1) is 21.4 Å². The van der Waals surface area contributed by atoms with E-state index in [4.69, 9.17) is 5.26 Å². The average molecular weight is 268 g/mol. The van der Waals surface area contributed by atoms with Crippen LogP contribution in [0.3, 0.4) is 0 Å². The van der Waals surface area contributed by atoms with E-state index in [0.29, 0.717) is 12.2 Å². The van der Waals surface area contributed by atoms with Crippen LogP contribution in [0.2, 0.25) is 0 Å². The molecule has 20 heavy (non-hydrogen) atoms. The molecule has 2 aromatic rings. The molecule has 0 unspecified atom stereocenters. The van der Waals surface area contributed by atoms with Crippen LogP contribution >= 0.6 is 0 Å². The molecule has 0 spiro atoms. The number of hydrogen-bond donors (Lipinski definition) is 0. The molecule has 1 heterocycles. The number of aromatic nitrogens is 1. The highest BCUT2D eigenvalue weighted by atomic mass is 16.6. The van der Waals surface area contributed by atoms with Crippen LogP contribution in [0.1, 0.15) is 11.1 Å². The smallest absolute Gasteiger partial charge is 0.289 e. The first-order valence-corrected chi connectivity index (χ1v) is 5.90. The summed E-state index contributed by atoms with van der Waals surface area (Å²) in [6.45, 7) is 0.580. The van der Waals surface area contributed by atoms with Crippen molar-refractivity contribution < 1.29 is 4.92 Å². The first kappa shape index (κ1) is 13.5. The van der Waals surface area contributed by atoms with Crippen molar-refractivity contribution in [3.8, 4) is 6.07 Å².